The molecule has 0 fully saturated rings. The van der Waals surface area contributed by atoms with E-state index < -0.39 is 20.8 Å². The van der Waals surface area contributed by atoms with Crippen LogP contribution in [0.1, 0.15) is 13.3 Å². The van der Waals surface area contributed by atoms with Gasteiger partial charge in [-0.25, -0.2) is 13.1 Å². The van der Waals surface area contributed by atoms with Crippen molar-refractivity contribution in [2.75, 3.05) is 6.54 Å². The monoisotopic (exact) mass is 192 g/mol. The van der Waals surface area contributed by atoms with E-state index >= 15 is 0 Å². The van der Waals surface area contributed by atoms with Crippen LogP contribution in [0.3, 0.4) is 0 Å². The van der Waals surface area contributed by atoms with Crippen molar-refractivity contribution in [1.82, 2.24) is 4.72 Å². The lowest BCUT2D eigenvalue weighted by molar-refractivity contribution is -0.113. The van der Waals surface area contributed by atoms with Gasteiger partial charge in [0.1, 0.15) is 4.91 Å². The van der Waals surface area contributed by atoms with Crippen LogP contribution < -0.4 is 10.5 Å². The number of hydrogen-bond acceptors (Lipinski definition) is 3. The number of carbonyl (C=O) groups is 1. The zero-order valence-corrected chi connectivity index (χ0v) is 7.65. The molecule has 0 heterocycles. The van der Waals surface area contributed by atoms with Crippen molar-refractivity contribution in [2.24, 2.45) is 5.73 Å². The van der Waals surface area contributed by atoms with E-state index in [2.05, 4.69) is 11.3 Å². The summed E-state index contributed by atoms with van der Waals surface area (Å²) in [5.74, 6) is -1.03. The van der Waals surface area contributed by atoms with E-state index in [4.69, 9.17) is 5.73 Å². The van der Waals surface area contributed by atoms with Crippen LogP contribution in [0.5, 0.6) is 0 Å². The van der Waals surface area contributed by atoms with Crippen molar-refractivity contribution in [3.05, 3.63) is 11.5 Å². The summed E-state index contributed by atoms with van der Waals surface area (Å²) in [5, 5.41) is 0. The van der Waals surface area contributed by atoms with Gasteiger partial charge in [-0.1, -0.05) is 13.5 Å². The van der Waals surface area contributed by atoms with Gasteiger partial charge in [-0.2, -0.15) is 0 Å². The highest BCUT2D eigenvalue weighted by Crippen LogP contribution is 1.98. The Morgan fingerprint density at radius 2 is 2.08 bits per heavy atom. The highest BCUT2D eigenvalue weighted by Gasteiger charge is 2.18. The maximum Gasteiger partial charge on any atom is 0.261 e. The number of hydrogen-bond donors (Lipinski definition) is 2. The molecule has 0 atom stereocenters. The number of nitrogens with two attached hydrogens (primary N) is 1. The maximum absolute atomic E-state index is 11.0. The van der Waals surface area contributed by atoms with Crippen molar-refractivity contribution < 1.29 is 13.2 Å². The van der Waals surface area contributed by atoms with Crippen LogP contribution in [0.2, 0.25) is 0 Å². The van der Waals surface area contributed by atoms with Crippen LogP contribution in [-0.4, -0.2) is 20.9 Å². The lowest BCUT2D eigenvalue weighted by atomic mass is 10.5. The Kier molecular flexibility index (Phi) is 3.91. The van der Waals surface area contributed by atoms with Gasteiger partial charge < -0.3 is 5.73 Å². The van der Waals surface area contributed by atoms with Crippen molar-refractivity contribution >= 4 is 15.9 Å². The van der Waals surface area contributed by atoms with Gasteiger partial charge in [-0.15, -0.1) is 0 Å². The predicted octanol–water partition coefficient (Wildman–Crippen LogP) is -0.685. The van der Waals surface area contributed by atoms with Crippen LogP contribution in [0.4, 0.5) is 0 Å². The van der Waals surface area contributed by atoms with Crippen LogP contribution >= 0.6 is 0 Å². The molecule has 0 aromatic heterocycles. The van der Waals surface area contributed by atoms with Gasteiger partial charge >= 0.3 is 0 Å². The number of carbonyl (C=O) groups excluding carboxylic acids is 1. The van der Waals surface area contributed by atoms with E-state index in [0.717, 1.165) is 0 Å². The lowest BCUT2D eigenvalue weighted by Crippen LogP contribution is -2.31. The third-order valence-electron chi connectivity index (χ3n) is 1.14. The molecule has 0 radical (unpaired) electrons. The van der Waals surface area contributed by atoms with Gasteiger partial charge in [0.15, 0.2) is 0 Å². The Labute approximate surface area is 71.7 Å². The molecule has 0 spiro atoms. The Bertz CT molecular complexity index is 281. The molecule has 0 aliphatic rings. The smallest absolute Gasteiger partial charge is 0.261 e. The van der Waals surface area contributed by atoms with Crippen molar-refractivity contribution in [3.63, 3.8) is 0 Å². The number of rotatable bonds is 5. The lowest BCUT2D eigenvalue weighted by Gasteiger charge is -2.03. The predicted molar refractivity (Wildman–Crippen MR) is 45.5 cm³/mol. The van der Waals surface area contributed by atoms with Gasteiger partial charge in [0, 0.05) is 6.54 Å². The summed E-state index contributed by atoms with van der Waals surface area (Å²) in [5.41, 5.74) is 4.74. The van der Waals surface area contributed by atoms with Gasteiger partial charge in [-0.05, 0) is 6.42 Å². The second kappa shape index (κ2) is 4.22. The molecule has 6 heteroatoms. The van der Waals surface area contributed by atoms with E-state index in [9.17, 15) is 13.2 Å². The van der Waals surface area contributed by atoms with E-state index in [0.29, 0.717) is 6.42 Å². The molecule has 0 saturated heterocycles. The van der Waals surface area contributed by atoms with Crippen molar-refractivity contribution in [3.8, 4) is 0 Å². The SMILES string of the molecule is C=C(C(N)=O)S(=O)(=O)NCCC. The quantitative estimate of drug-likeness (QED) is 0.565. The molecule has 0 bridgehead atoms. The van der Waals surface area contributed by atoms with E-state index in [1.165, 1.54) is 0 Å². The Morgan fingerprint density at radius 3 is 2.42 bits per heavy atom. The normalized spacial score (nSPS) is 11.1. The van der Waals surface area contributed by atoms with Crippen LogP contribution in [-0.2, 0) is 14.8 Å². The zero-order chi connectivity index (χ0) is 9.78. The molecule has 12 heavy (non-hydrogen) atoms. The van der Waals surface area contributed by atoms with Crippen LogP contribution in [0.15, 0.2) is 11.5 Å². The first kappa shape index (κ1) is 11.1. The van der Waals surface area contributed by atoms with Crippen LogP contribution in [0.25, 0.3) is 0 Å². The van der Waals surface area contributed by atoms with Gasteiger partial charge in [-0.3, -0.25) is 4.79 Å². The minimum absolute atomic E-state index is 0.272. The topological polar surface area (TPSA) is 89.3 Å². The van der Waals surface area contributed by atoms with Gasteiger partial charge in [0.25, 0.3) is 5.91 Å². The molecule has 0 unspecified atom stereocenters. The molecule has 70 valence electrons. The highest BCUT2D eigenvalue weighted by atomic mass is 32.2. The summed E-state index contributed by atoms with van der Waals surface area (Å²) in [6.07, 6.45) is 0.644. The zero-order valence-electron chi connectivity index (χ0n) is 6.83. The number of nitrogens with one attached hydrogen (secondary N) is 1. The minimum Gasteiger partial charge on any atom is -0.365 e. The largest absolute Gasteiger partial charge is 0.365 e. The molecule has 1 amide bonds. The first-order valence-corrected chi connectivity index (χ1v) is 4.88. The fraction of sp³-hybridized carbons (Fsp3) is 0.500. The second-order valence-electron chi connectivity index (χ2n) is 2.19. The molecule has 5 nitrogen and oxygen atoms in total. The number of sulfonamides is 1. The van der Waals surface area contributed by atoms with E-state index in [1.807, 2.05) is 0 Å². The van der Waals surface area contributed by atoms with Gasteiger partial charge in [0.2, 0.25) is 10.0 Å². The molecule has 0 aromatic carbocycles. The number of primary amides is 1. The number of amides is 1. The summed E-state index contributed by atoms with van der Waals surface area (Å²) in [7, 11) is -3.74. The first-order valence-electron chi connectivity index (χ1n) is 3.40. The molecule has 0 rings (SSSR count). The Balaban J connectivity index is 4.42. The van der Waals surface area contributed by atoms with Crippen molar-refractivity contribution in [1.29, 1.82) is 0 Å². The maximum atomic E-state index is 11.0. The molecule has 0 aliphatic heterocycles. The summed E-state index contributed by atoms with van der Waals surface area (Å²) in [6, 6.07) is 0. The molecule has 0 aromatic rings. The summed E-state index contributed by atoms with van der Waals surface area (Å²) in [6.45, 7) is 5.13. The minimum atomic E-state index is -3.74. The molecule has 0 saturated carbocycles. The first-order chi connectivity index (χ1) is 5.41. The summed E-state index contributed by atoms with van der Waals surface area (Å²) >= 11 is 0. The Morgan fingerprint density at radius 1 is 1.58 bits per heavy atom. The van der Waals surface area contributed by atoms with E-state index in [1.54, 1.807) is 6.92 Å². The average Bonchev–Trinajstić information content (AvgIpc) is 1.99. The average molecular weight is 192 g/mol. The fourth-order valence-electron chi connectivity index (χ4n) is 0.456. The Hall–Kier alpha value is -0.880. The van der Waals surface area contributed by atoms with E-state index in [-0.39, 0.29) is 6.54 Å². The third-order valence-corrected chi connectivity index (χ3v) is 2.58. The molecular formula is C6H12N2O3S. The second-order valence-corrected chi connectivity index (χ2v) is 3.97. The summed E-state index contributed by atoms with van der Waals surface area (Å²) in [4.78, 5) is 9.81. The van der Waals surface area contributed by atoms with Gasteiger partial charge in [0.05, 0.1) is 0 Å². The molecular weight excluding hydrogens is 180 g/mol. The third kappa shape index (κ3) is 3.02. The summed E-state index contributed by atoms with van der Waals surface area (Å²) < 4.78 is 24.2. The fourth-order valence-corrected chi connectivity index (χ4v) is 1.37. The van der Waals surface area contributed by atoms with Crippen molar-refractivity contribution in [2.45, 2.75) is 13.3 Å². The molecule has 0 aliphatic carbocycles. The standard InChI is InChI=1S/C6H12N2O3S/c1-3-4-8-12(10,11)5(2)6(7)9/h8H,2-4H2,1H3,(H2,7,9). The highest BCUT2D eigenvalue weighted by molar-refractivity contribution is 7.94. The molecule has 3 N–H and O–H groups in total. The van der Waals surface area contributed by atoms with Crippen LogP contribution in [0, 0.1) is 0 Å².